The van der Waals surface area contributed by atoms with Gasteiger partial charge in [0.1, 0.15) is 6.04 Å². The third kappa shape index (κ3) is 5.91. The molecule has 0 bridgehead atoms. The normalized spacial score (nSPS) is 23.1. The fraction of sp³-hybridized carbons (Fsp3) is 0.933. The Labute approximate surface area is 117 Å². The van der Waals surface area contributed by atoms with Crippen molar-refractivity contribution < 1.29 is 9.53 Å². The average molecular weight is 270 g/mol. The third-order valence-corrected chi connectivity index (χ3v) is 3.75. The molecule has 0 amide bonds. The van der Waals surface area contributed by atoms with E-state index in [0.717, 1.165) is 19.0 Å². The first kappa shape index (κ1) is 16.4. The van der Waals surface area contributed by atoms with Gasteiger partial charge in [0.25, 0.3) is 0 Å². The van der Waals surface area contributed by atoms with Crippen molar-refractivity contribution in [3.8, 4) is 0 Å². The van der Waals surface area contributed by atoms with Crippen LogP contribution < -0.4 is 5.73 Å². The lowest BCUT2D eigenvalue weighted by atomic mass is 9.84. The second-order valence-corrected chi connectivity index (χ2v) is 6.71. The number of nitrogens with two attached hydrogens (primary N) is 1. The molecule has 4 nitrogen and oxygen atoms in total. The molecule has 0 aromatic carbocycles. The zero-order chi connectivity index (χ0) is 14.5. The Hall–Kier alpha value is -0.610. The van der Waals surface area contributed by atoms with Crippen molar-refractivity contribution >= 4 is 5.97 Å². The molecule has 1 rings (SSSR count). The fourth-order valence-electron chi connectivity index (χ4n) is 3.03. The Balaban J connectivity index is 2.43. The molecule has 0 aliphatic carbocycles. The molecule has 2 N–H and O–H groups in total. The average Bonchev–Trinajstić information content (AvgIpc) is 2.27. The maximum Gasteiger partial charge on any atom is 0.322 e. The van der Waals surface area contributed by atoms with E-state index in [1.165, 1.54) is 19.4 Å². The number of nitrogens with zero attached hydrogens (tertiary/aromatic N) is 1. The molecular weight excluding hydrogens is 240 g/mol. The van der Waals surface area contributed by atoms with E-state index in [0.29, 0.717) is 13.0 Å². The SMILES string of the molecule is CCOC(=O)C(N)CC(C)(C)CN1CCCC(C)C1. The molecule has 2 unspecified atom stereocenters. The summed E-state index contributed by atoms with van der Waals surface area (Å²) in [6.07, 6.45) is 3.29. The molecule has 1 aliphatic heterocycles. The summed E-state index contributed by atoms with van der Waals surface area (Å²) in [5.41, 5.74) is 5.97. The minimum atomic E-state index is -0.503. The smallest absolute Gasteiger partial charge is 0.322 e. The van der Waals surface area contributed by atoms with Gasteiger partial charge in [-0.2, -0.15) is 0 Å². The van der Waals surface area contributed by atoms with Crippen LogP contribution in [0, 0.1) is 11.3 Å². The first-order valence-electron chi connectivity index (χ1n) is 7.48. The van der Waals surface area contributed by atoms with Crippen LogP contribution in [0.3, 0.4) is 0 Å². The van der Waals surface area contributed by atoms with Crippen LogP contribution in [-0.2, 0) is 9.53 Å². The highest BCUT2D eigenvalue weighted by molar-refractivity contribution is 5.75. The molecule has 1 heterocycles. The quantitative estimate of drug-likeness (QED) is 0.750. The van der Waals surface area contributed by atoms with Crippen LogP contribution in [0.5, 0.6) is 0 Å². The number of ether oxygens (including phenoxy) is 1. The minimum absolute atomic E-state index is 0.0449. The Kier molecular flexibility index (Phi) is 6.27. The summed E-state index contributed by atoms with van der Waals surface area (Å²) in [6, 6.07) is -0.503. The van der Waals surface area contributed by atoms with E-state index in [1.807, 2.05) is 6.92 Å². The molecule has 112 valence electrons. The molecule has 0 saturated carbocycles. The number of piperidine rings is 1. The van der Waals surface area contributed by atoms with Crippen LogP contribution in [0.25, 0.3) is 0 Å². The van der Waals surface area contributed by atoms with Gasteiger partial charge in [0.15, 0.2) is 0 Å². The van der Waals surface area contributed by atoms with E-state index in [4.69, 9.17) is 10.5 Å². The Morgan fingerprint density at radius 3 is 2.79 bits per heavy atom. The van der Waals surface area contributed by atoms with Crippen molar-refractivity contribution in [2.45, 2.75) is 53.0 Å². The van der Waals surface area contributed by atoms with Crippen molar-refractivity contribution in [1.82, 2.24) is 4.90 Å². The van der Waals surface area contributed by atoms with Crippen LogP contribution in [-0.4, -0.2) is 43.2 Å². The molecule has 1 aliphatic rings. The molecular formula is C15H30N2O2. The number of hydrogen-bond acceptors (Lipinski definition) is 4. The number of hydrogen-bond donors (Lipinski definition) is 1. The van der Waals surface area contributed by atoms with Gasteiger partial charge < -0.3 is 15.4 Å². The molecule has 2 atom stereocenters. The van der Waals surface area contributed by atoms with Crippen LogP contribution in [0.2, 0.25) is 0 Å². The first-order chi connectivity index (χ1) is 8.84. The van der Waals surface area contributed by atoms with Gasteiger partial charge in [0, 0.05) is 13.1 Å². The van der Waals surface area contributed by atoms with Crippen LogP contribution in [0.1, 0.15) is 47.0 Å². The molecule has 1 saturated heterocycles. The van der Waals surface area contributed by atoms with Gasteiger partial charge in [-0.1, -0.05) is 20.8 Å². The molecule has 4 heteroatoms. The second-order valence-electron chi connectivity index (χ2n) is 6.71. The predicted molar refractivity (Wildman–Crippen MR) is 77.8 cm³/mol. The highest BCUT2D eigenvalue weighted by Gasteiger charge is 2.29. The molecule has 0 radical (unpaired) electrons. The van der Waals surface area contributed by atoms with E-state index in [1.54, 1.807) is 0 Å². The van der Waals surface area contributed by atoms with Gasteiger partial charge in [-0.05, 0) is 44.1 Å². The maximum absolute atomic E-state index is 11.6. The summed E-state index contributed by atoms with van der Waals surface area (Å²) in [4.78, 5) is 14.1. The van der Waals surface area contributed by atoms with Gasteiger partial charge in [-0.15, -0.1) is 0 Å². The summed E-state index contributed by atoms with van der Waals surface area (Å²) in [5.74, 6) is 0.505. The summed E-state index contributed by atoms with van der Waals surface area (Å²) in [5, 5.41) is 0. The van der Waals surface area contributed by atoms with E-state index in [9.17, 15) is 4.79 Å². The Morgan fingerprint density at radius 2 is 2.21 bits per heavy atom. The standard InChI is InChI=1S/C15H30N2O2/c1-5-19-14(18)13(16)9-15(3,4)11-17-8-6-7-12(2)10-17/h12-13H,5-11,16H2,1-4H3. The molecule has 1 fully saturated rings. The van der Waals surface area contributed by atoms with E-state index in [-0.39, 0.29) is 11.4 Å². The molecule has 19 heavy (non-hydrogen) atoms. The highest BCUT2D eigenvalue weighted by atomic mass is 16.5. The van der Waals surface area contributed by atoms with Crippen LogP contribution in [0.4, 0.5) is 0 Å². The lowest BCUT2D eigenvalue weighted by Gasteiger charge is -2.37. The monoisotopic (exact) mass is 270 g/mol. The number of carbonyl (C=O) groups excluding carboxylic acids is 1. The lowest BCUT2D eigenvalue weighted by Crippen LogP contribution is -2.44. The zero-order valence-corrected chi connectivity index (χ0v) is 12.9. The van der Waals surface area contributed by atoms with Gasteiger partial charge in [-0.3, -0.25) is 4.79 Å². The topological polar surface area (TPSA) is 55.6 Å². The van der Waals surface area contributed by atoms with Crippen molar-refractivity contribution in [3.05, 3.63) is 0 Å². The zero-order valence-electron chi connectivity index (χ0n) is 12.9. The van der Waals surface area contributed by atoms with E-state index in [2.05, 4.69) is 25.7 Å². The lowest BCUT2D eigenvalue weighted by molar-refractivity contribution is -0.145. The van der Waals surface area contributed by atoms with Crippen LogP contribution in [0.15, 0.2) is 0 Å². The Morgan fingerprint density at radius 1 is 1.53 bits per heavy atom. The number of carbonyl (C=O) groups is 1. The van der Waals surface area contributed by atoms with Gasteiger partial charge in [-0.25, -0.2) is 0 Å². The Bertz CT molecular complexity index is 292. The van der Waals surface area contributed by atoms with Crippen molar-refractivity contribution in [3.63, 3.8) is 0 Å². The van der Waals surface area contributed by atoms with Crippen LogP contribution >= 0.6 is 0 Å². The molecule has 0 aromatic heterocycles. The van der Waals surface area contributed by atoms with Crippen molar-refractivity contribution in [2.75, 3.05) is 26.2 Å². The number of esters is 1. The van der Waals surface area contributed by atoms with Crippen molar-refractivity contribution in [1.29, 1.82) is 0 Å². The van der Waals surface area contributed by atoms with Gasteiger partial charge in [0.05, 0.1) is 6.61 Å². The number of rotatable bonds is 6. The predicted octanol–water partition coefficient (Wildman–Crippen LogP) is 2.02. The minimum Gasteiger partial charge on any atom is -0.465 e. The second kappa shape index (κ2) is 7.25. The molecule has 0 spiro atoms. The largest absolute Gasteiger partial charge is 0.465 e. The van der Waals surface area contributed by atoms with E-state index < -0.39 is 6.04 Å². The van der Waals surface area contributed by atoms with Gasteiger partial charge >= 0.3 is 5.97 Å². The molecule has 0 aromatic rings. The first-order valence-corrected chi connectivity index (χ1v) is 7.48. The van der Waals surface area contributed by atoms with Gasteiger partial charge in [0.2, 0.25) is 0 Å². The summed E-state index contributed by atoms with van der Waals surface area (Å²) in [6.45, 7) is 12.2. The van der Waals surface area contributed by atoms with E-state index >= 15 is 0 Å². The van der Waals surface area contributed by atoms with Crippen molar-refractivity contribution in [2.24, 2.45) is 17.1 Å². The fourth-order valence-corrected chi connectivity index (χ4v) is 3.03. The summed E-state index contributed by atoms with van der Waals surface area (Å²) >= 11 is 0. The number of likely N-dealkylation sites (tertiary alicyclic amines) is 1. The summed E-state index contributed by atoms with van der Waals surface area (Å²) < 4.78 is 4.98. The third-order valence-electron chi connectivity index (χ3n) is 3.75. The highest BCUT2D eigenvalue weighted by Crippen LogP contribution is 2.26. The summed E-state index contributed by atoms with van der Waals surface area (Å²) in [7, 11) is 0. The maximum atomic E-state index is 11.6.